The minimum Gasteiger partial charge on any atom is -0.493 e. The molecule has 0 radical (unpaired) electrons. The van der Waals surface area contributed by atoms with Crippen molar-refractivity contribution in [3.8, 4) is 5.75 Å². The summed E-state index contributed by atoms with van der Waals surface area (Å²) in [6.45, 7) is 0.294. The molecule has 0 bridgehead atoms. The van der Waals surface area contributed by atoms with Crippen LogP contribution in [0.4, 0.5) is 11.4 Å². The van der Waals surface area contributed by atoms with E-state index in [9.17, 15) is 13.2 Å². The van der Waals surface area contributed by atoms with E-state index in [0.717, 1.165) is 12.0 Å². The van der Waals surface area contributed by atoms with Gasteiger partial charge < -0.3 is 9.64 Å². The lowest BCUT2D eigenvalue weighted by molar-refractivity contribution is -0.118. The number of hydrogen-bond acceptors (Lipinski definition) is 4. The summed E-state index contributed by atoms with van der Waals surface area (Å²) < 4.78 is 29.8. The maximum Gasteiger partial charge on any atom is 0.231 e. The van der Waals surface area contributed by atoms with Crippen LogP contribution in [0, 0.1) is 0 Å². The number of carbonyl (C=O) groups excluding carboxylic acids is 1. The van der Waals surface area contributed by atoms with Crippen molar-refractivity contribution >= 4 is 27.3 Å². The van der Waals surface area contributed by atoms with E-state index < -0.39 is 10.0 Å². The lowest BCUT2D eigenvalue weighted by Crippen LogP contribution is -2.28. The minimum atomic E-state index is -3.31. The number of amides is 1. The van der Waals surface area contributed by atoms with Gasteiger partial charge in [0.15, 0.2) is 0 Å². The van der Waals surface area contributed by atoms with Crippen LogP contribution in [0.2, 0.25) is 0 Å². The van der Waals surface area contributed by atoms with E-state index in [1.165, 1.54) is 16.3 Å². The second-order valence-corrected chi connectivity index (χ2v) is 7.62. The zero-order valence-electron chi connectivity index (χ0n) is 14.5. The molecule has 2 aromatic rings. The van der Waals surface area contributed by atoms with Crippen LogP contribution in [0.25, 0.3) is 0 Å². The van der Waals surface area contributed by atoms with E-state index in [2.05, 4.69) is 0 Å². The van der Waals surface area contributed by atoms with Crippen LogP contribution in [-0.4, -0.2) is 41.3 Å². The van der Waals surface area contributed by atoms with E-state index in [0.29, 0.717) is 18.0 Å². The van der Waals surface area contributed by atoms with Crippen LogP contribution >= 0.6 is 0 Å². The molecule has 0 N–H and O–H groups in total. The highest BCUT2D eigenvalue weighted by Gasteiger charge is 2.14. The number of carbonyl (C=O) groups is 1. The highest BCUT2D eigenvalue weighted by atomic mass is 32.2. The van der Waals surface area contributed by atoms with E-state index in [1.807, 2.05) is 30.3 Å². The van der Waals surface area contributed by atoms with Gasteiger partial charge in [-0.15, -0.1) is 0 Å². The Bertz CT molecular complexity index is 805. The van der Waals surface area contributed by atoms with E-state index in [1.54, 1.807) is 31.3 Å². The smallest absolute Gasteiger partial charge is 0.231 e. The highest BCUT2D eigenvalue weighted by Crippen LogP contribution is 2.21. The summed E-state index contributed by atoms with van der Waals surface area (Å²) in [5.74, 6) is 0.645. The number of sulfonamides is 1. The van der Waals surface area contributed by atoms with Crippen molar-refractivity contribution in [3.63, 3.8) is 0 Å². The van der Waals surface area contributed by atoms with Gasteiger partial charge in [-0.05, 0) is 36.4 Å². The molecule has 0 atom stereocenters. The molecule has 0 fully saturated rings. The molecule has 0 saturated carbocycles. The van der Waals surface area contributed by atoms with E-state index in [-0.39, 0.29) is 12.3 Å². The maximum absolute atomic E-state index is 12.3. The minimum absolute atomic E-state index is 0.0832. The summed E-state index contributed by atoms with van der Waals surface area (Å²) >= 11 is 0. The van der Waals surface area contributed by atoms with Gasteiger partial charge in [0.05, 0.1) is 25.0 Å². The van der Waals surface area contributed by atoms with E-state index >= 15 is 0 Å². The topological polar surface area (TPSA) is 66.9 Å². The molecule has 0 aromatic heterocycles. The first kappa shape index (κ1) is 18.8. The highest BCUT2D eigenvalue weighted by molar-refractivity contribution is 7.92. The number of rotatable bonds is 7. The zero-order valence-corrected chi connectivity index (χ0v) is 15.4. The Hall–Kier alpha value is -2.54. The molecule has 0 aliphatic carbocycles. The number of benzene rings is 2. The van der Waals surface area contributed by atoms with Gasteiger partial charge in [0.2, 0.25) is 15.9 Å². The van der Waals surface area contributed by atoms with Gasteiger partial charge in [0, 0.05) is 19.8 Å². The van der Waals surface area contributed by atoms with Gasteiger partial charge in [0.1, 0.15) is 5.75 Å². The summed E-state index contributed by atoms with van der Waals surface area (Å²) in [6.07, 6.45) is 1.39. The summed E-state index contributed by atoms with van der Waals surface area (Å²) in [6, 6.07) is 16.1. The monoisotopic (exact) mass is 362 g/mol. The fraction of sp³-hybridized carbons (Fsp3) is 0.278. The third-order valence-electron chi connectivity index (χ3n) is 3.80. The van der Waals surface area contributed by atoms with Gasteiger partial charge >= 0.3 is 0 Å². The molecule has 0 aliphatic rings. The van der Waals surface area contributed by atoms with Crippen molar-refractivity contribution in [1.82, 2.24) is 0 Å². The molecule has 2 aromatic carbocycles. The van der Waals surface area contributed by atoms with Crippen molar-refractivity contribution in [1.29, 1.82) is 0 Å². The molecule has 7 heteroatoms. The van der Waals surface area contributed by atoms with Crippen LogP contribution in [-0.2, 0) is 14.8 Å². The number of anilines is 2. The average Bonchev–Trinajstić information content (AvgIpc) is 2.60. The van der Waals surface area contributed by atoms with Crippen LogP contribution in [0.5, 0.6) is 5.75 Å². The van der Waals surface area contributed by atoms with Gasteiger partial charge in [-0.1, -0.05) is 18.2 Å². The summed E-state index contributed by atoms with van der Waals surface area (Å²) in [4.78, 5) is 13.8. The quantitative estimate of drug-likeness (QED) is 0.759. The summed E-state index contributed by atoms with van der Waals surface area (Å²) in [7, 11) is -0.141. The maximum atomic E-state index is 12.3. The van der Waals surface area contributed by atoms with E-state index in [4.69, 9.17) is 4.74 Å². The third-order valence-corrected chi connectivity index (χ3v) is 5.01. The molecule has 0 unspecified atom stereocenters. The molecule has 0 spiro atoms. The number of para-hydroxylation sites is 1. The molecule has 2 rings (SSSR count). The second kappa shape index (κ2) is 8.02. The fourth-order valence-corrected chi connectivity index (χ4v) is 2.67. The predicted octanol–water partition coefficient (Wildman–Crippen LogP) is 2.51. The van der Waals surface area contributed by atoms with Crippen molar-refractivity contribution in [2.45, 2.75) is 6.42 Å². The van der Waals surface area contributed by atoms with Crippen molar-refractivity contribution in [2.24, 2.45) is 0 Å². The molecule has 134 valence electrons. The lowest BCUT2D eigenvalue weighted by Gasteiger charge is -2.20. The number of hydrogen-bond donors (Lipinski definition) is 0. The van der Waals surface area contributed by atoms with Gasteiger partial charge in [-0.25, -0.2) is 8.42 Å². The van der Waals surface area contributed by atoms with Crippen LogP contribution in [0.3, 0.4) is 0 Å². The molecule has 0 saturated heterocycles. The standard InChI is InChI=1S/C18H22N2O4S/c1-19(18(21)13-14-24-17-7-5-4-6-8-17)15-9-11-16(12-10-15)20(2)25(3,22)23/h4-12H,13-14H2,1-3H3. The van der Waals surface area contributed by atoms with Crippen LogP contribution in [0.1, 0.15) is 6.42 Å². The Morgan fingerprint density at radius 1 is 0.960 bits per heavy atom. The molecule has 0 heterocycles. The third kappa shape index (κ3) is 5.22. The SMILES string of the molecule is CN(C(=O)CCOc1ccccc1)c1ccc(N(C)S(C)(=O)=O)cc1. The molecule has 1 amide bonds. The Balaban J connectivity index is 1.93. The lowest BCUT2D eigenvalue weighted by atomic mass is 10.2. The largest absolute Gasteiger partial charge is 0.493 e. The number of nitrogens with zero attached hydrogens (tertiary/aromatic N) is 2. The Morgan fingerprint density at radius 2 is 1.52 bits per heavy atom. The Labute approximate surface area is 148 Å². The molecule has 25 heavy (non-hydrogen) atoms. The van der Waals surface area contributed by atoms with Crippen molar-refractivity contribution < 1.29 is 17.9 Å². The Morgan fingerprint density at radius 3 is 2.08 bits per heavy atom. The first-order valence-electron chi connectivity index (χ1n) is 7.77. The second-order valence-electron chi connectivity index (χ2n) is 5.61. The predicted molar refractivity (Wildman–Crippen MR) is 99.7 cm³/mol. The van der Waals surface area contributed by atoms with Crippen molar-refractivity contribution in [3.05, 3.63) is 54.6 Å². The summed E-state index contributed by atoms with van der Waals surface area (Å²) in [5.41, 5.74) is 1.23. The first-order valence-corrected chi connectivity index (χ1v) is 9.62. The fourth-order valence-electron chi connectivity index (χ4n) is 2.16. The number of ether oxygens (including phenoxy) is 1. The molecular weight excluding hydrogens is 340 g/mol. The van der Waals surface area contributed by atoms with Crippen molar-refractivity contribution in [2.75, 3.05) is 36.2 Å². The normalized spacial score (nSPS) is 11.0. The average molecular weight is 362 g/mol. The molecule has 6 nitrogen and oxygen atoms in total. The molecule has 0 aliphatic heterocycles. The molecular formula is C18H22N2O4S. The van der Waals surface area contributed by atoms with Gasteiger partial charge in [-0.3, -0.25) is 9.10 Å². The first-order chi connectivity index (χ1) is 11.8. The van der Waals surface area contributed by atoms with Crippen LogP contribution < -0.4 is 13.9 Å². The summed E-state index contributed by atoms with van der Waals surface area (Å²) in [5, 5.41) is 0. The Kier molecular flexibility index (Phi) is 6.03. The zero-order chi connectivity index (χ0) is 18.4. The van der Waals surface area contributed by atoms with Gasteiger partial charge in [-0.2, -0.15) is 0 Å². The van der Waals surface area contributed by atoms with Crippen LogP contribution in [0.15, 0.2) is 54.6 Å². The van der Waals surface area contributed by atoms with Gasteiger partial charge in [0.25, 0.3) is 0 Å².